The smallest absolute Gasteiger partial charge is 0.408 e. The average molecular weight is 672 g/mol. The van der Waals surface area contributed by atoms with Gasteiger partial charge in [0.2, 0.25) is 11.8 Å². The number of unbranched alkanes of at least 4 members (excludes halogenated alkanes) is 1. The van der Waals surface area contributed by atoms with Gasteiger partial charge in [-0.1, -0.05) is 104 Å². The summed E-state index contributed by atoms with van der Waals surface area (Å²) in [5.41, 5.74) is 1.59. The summed E-state index contributed by atoms with van der Waals surface area (Å²) in [7, 11) is 0. The van der Waals surface area contributed by atoms with Crippen molar-refractivity contribution in [3.05, 3.63) is 107 Å². The molecule has 49 heavy (non-hydrogen) atoms. The normalized spacial score (nSPS) is 13.4. The summed E-state index contributed by atoms with van der Waals surface area (Å²) in [6, 6.07) is 23.0. The Bertz CT molecular complexity index is 1530. The summed E-state index contributed by atoms with van der Waals surface area (Å²) in [5, 5.41) is 5.75. The number of rotatable bonds is 14. The van der Waals surface area contributed by atoms with Gasteiger partial charge in [-0.15, -0.1) is 0 Å². The standard InChI is InChI=1S/C40H53N3O6/c1-9-10-24-43(36(45)32(26-29-19-13-11-14-20-29)42-38(47)49-40(6,7)8)34(31-23-17-18-28(2)25-31)35(44)41-33(37(46)48-39(3,4)5)27-30-21-15-12-16-22-30/h11-23,25,32-34H,9-10,24,26-27H2,1-8H3,(H,41,44)(H,42,47). The molecule has 0 aliphatic carbocycles. The number of esters is 1. The lowest BCUT2D eigenvalue weighted by Crippen LogP contribution is -2.55. The quantitative estimate of drug-likeness (QED) is 0.181. The van der Waals surface area contributed by atoms with Crippen LogP contribution in [0.1, 0.15) is 89.6 Å². The second-order valence-corrected chi connectivity index (χ2v) is 14.4. The molecule has 2 N–H and O–H groups in total. The molecule has 0 saturated carbocycles. The van der Waals surface area contributed by atoms with Crippen LogP contribution in [0.4, 0.5) is 4.79 Å². The second-order valence-electron chi connectivity index (χ2n) is 14.4. The van der Waals surface area contributed by atoms with Gasteiger partial charge in [0.1, 0.15) is 29.3 Å². The van der Waals surface area contributed by atoms with Crippen molar-refractivity contribution in [3.8, 4) is 0 Å². The van der Waals surface area contributed by atoms with Crippen LogP contribution in [-0.4, -0.2) is 58.6 Å². The Morgan fingerprint density at radius 1 is 0.714 bits per heavy atom. The van der Waals surface area contributed by atoms with E-state index in [0.29, 0.717) is 12.0 Å². The highest BCUT2D eigenvalue weighted by atomic mass is 16.6. The van der Waals surface area contributed by atoms with Crippen molar-refractivity contribution in [1.29, 1.82) is 0 Å². The van der Waals surface area contributed by atoms with Crippen molar-refractivity contribution in [2.75, 3.05) is 6.54 Å². The Kier molecular flexibility index (Phi) is 14.0. The van der Waals surface area contributed by atoms with E-state index in [-0.39, 0.29) is 19.4 Å². The van der Waals surface area contributed by atoms with Crippen molar-refractivity contribution < 1.29 is 28.7 Å². The molecule has 3 aromatic rings. The number of carbonyl (C=O) groups is 4. The topological polar surface area (TPSA) is 114 Å². The van der Waals surface area contributed by atoms with Gasteiger partial charge < -0.3 is 25.0 Å². The van der Waals surface area contributed by atoms with Crippen LogP contribution in [-0.2, 0) is 36.7 Å². The summed E-state index contributed by atoms with van der Waals surface area (Å²) < 4.78 is 11.3. The number of nitrogens with zero attached hydrogens (tertiary/aromatic N) is 1. The minimum atomic E-state index is -1.11. The van der Waals surface area contributed by atoms with E-state index in [2.05, 4.69) is 10.6 Å². The Balaban J connectivity index is 2.09. The third-order valence-corrected chi connectivity index (χ3v) is 7.52. The minimum absolute atomic E-state index is 0.179. The molecule has 0 saturated heterocycles. The maximum Gasteiger partial charge on any atom is 0.408 e. The Labute approximate surface area is 291 Å². The number of carbonyl (C=O) groups excluding carboxylic acids is 4. The van der Waals surface area contributed by atoms with Crippen LogP contribution in [0.3, 0.4) is 0 Å². The Morgan fingerprint density at radius 3 is 1.78 bits per heavy atom. The van der Waals surface area contributed by atoms with Crippen molar-refractivity contribution in [2.45, 2.75) is 110 Å². The second kappa shape index (κ2) is 17.7. The summed E-state index contributed by atoms with van der Waals surface area (Å²) in [6.07, 6.45) is 0.996. The maximum atomic E-state index is 14.7. The fraction of sp³-hybridized carbons (Fsp3) is 0.450. The molecule has 3 aromatic carbocycles. The number of ether oxygens (including phenoxy) is 2. The molecule has 0 radical (unpaired) electrons. The third-order valence-electron chi connectivity index (χ3n) is 7.52. The van der Waals surface area contributed by atoms with Crippen LogP contribution in [0.5, 0.6) is 0 Å². The van der Waals surface area contributed by atoms with Gasteiger partial charge in [0, 0.05) is 19.4 Å². The zero-order valence-corrected chi connectivity index (χ0v) is 30.2. The van der Waals surface area contributed by atoms with Gasteiger partial charge in [-0.25, -0.2) is 9.59 Å². The SMILES string of the molecule is CCCCN(C(=O)C(Cc1ccccc1)NC(=O)OC(C)(C)C)C(C(=O)NC(Cc1ccccc1)C(=O)OC(C)(C)C)c1cccc(C)c1. The van der Waals surface area contributed by atoms with Gasteiger partial charge in [-0.3, -0.25) is 9.59 Å². The average Bonchev–Trinajstić information content (AvgIpc) is 3.01. The van der Waals surface area contributed by atoms with E-state index in [1.807, 2.05) is 92.7 Å². The van der Waals surface area contributed by atoms with Crippen molar-refractivity contribution in [1.82, 2.24) is 15.5 Å². The summed E-state index contributed by atoms with van der Waals surface area (Å²) in [4.78, 5) is 57.5. The first kappa shape index (κ1) is 38.8. The van der Waals surface area contributed by atoms with Crippen LogP contribution in [0, 0.1) is 6.92 Å². The number of hydrogen-bond acceptors (Lipinski definition) is 6. The molecule has 3 amide bonds. The molecule has 3 rings (SSSR count). The highest BCUT2D eigenvalue weighted by Crippen LogP contribution is 2.26. The molecular formula is C40H53N3O6. The number of amides is 3. The van der Waals surface area contributed by atoms with Gasteiger partial charge in [0.05, 0.1) is 0 Å². The van der Waals surface area contributed by atoms with E-state index in [1.165, 1.54) is 4.90 Å². The third kappa shape index (κ3) is 13.0. The fourth-order valence-electron chi connectivity index (χ4n) is 5.37. The first-order valence-electron chi connectivity index (χ1n) is 17.0. The van der Waals surface area contributed by atoms with Gasteiger partial charge >= 0.3 is 12.1 Å². The molecular weight excluding hydrogens is 618 g/mol. The number of alkyl carbamates (subject to hydrolysis) is 1. The largest absolute Gasteiger partial charge is 0.458 e. The van der Waals surface area contributed by atoms with Crippen LogP contribution in [0.2, 0.25) is 0 Å². The maximum absolute atomic E-state index is 14.7. The molecule has 0 aliphatic heterocycles. The first-order valence-corrected chi connectivity index (χ1v) is 17.0. The lowest BCUT2D eigenvalue weighted by molar-refractivity contribution is -0.159. The first-order chi connectivity index (χ1) is 23.1. The van der Waals surface area contributed by atoms with Crippen LogP contribution >= 0.6 is 0 Å². The van der Waals surface area contributed by atoms with Crippen molar-refractivity contribution >= 4 is 23.9 Å². The number of hydrogen-bond donors (Lipinski definition) is 2. The molecule has 0 fully saturated rings. The lowest BCUT2D eigenvalue weighted by Gasteiger charge is -2.35. The molecule has 0 heterocycles. The molecule has 9 nitrogen and oxygen atoms in total. The van der Waals surface area contributed by atoms with E-state index in [4.69, 9.17) is 9.47 Å². The summed E-state index contributed by atoms with van der Waals surface area (Å²) in [6.45, 7) is 14.7. The zero-order valence-electron chi connectivity index (χ0n) is 30.2. The fourth-order valence-corrected chi connectivity index (χ4v) is 5.37. The molecule has 9 heteroatoms. The summed E-state index contributed by atoms with van der Waals surface area (Å²) in [5.74, 6) is -1.55. The van der Waals surface area contributed by atoms with E-state index in [1.54, 1.807) is 47.6 Å². The number of benzene rings is 3. The van der Waals surface area contributed by atoms with E-state index in [9.17, 15) is 19.2 Å². The van der Waals surface area contributed by atoms with Crippen LogP contribution in [0.15, 0.2) is 84.9 Å². The van der Waals surface area contributed by atoms with E-state index >= 15 is 0 Å². The highest BCUT2D eigenvalue weighted by molar-refractivity contribution is 5.94. The zero-order chi connectivity index (χ0) is 36.2. The highest BCUT2D eigenvalue weighted by Gasteiger charge is 2.38. The van der Waals surface area contributed by atoms with Gasteiger partial charge in [-0.05, 0) is 71.6 Å². The molecule has 0 aromatic heterocycles. The van der Waals surface area contributed by atoms with E-state index < -0.39 is 53.2 Å². The molecule has 3 atom stereocenters. The molecule has 0 spiro atoms. The molecule has 0 aliphatic rings. The van der Waals surface area contributed by atoms with E-state index in [0.717, 1.165) is 23.1 Å². The number of aryl methyl sites for hydroxylation is 1. The lowest BCUT2D eigenvalue weighted by atomic mass is 9.98. The van der Waals surface area contributed by atoms with Crippen molar-refractivity contribution in [3.63, 3.8) is 0 Å². The molecule has 0 bridgehead atoms. The Morgan fingerprint density at radius 2 is 1.27 bits per heavy atom. The van der Waals surface area contributed by atoms with Crippen molar-refractivity contribution in [2.24, 2.45) is 0 Å². The predicted octanol–water partition coefficient (Wildman–Crippen LogP) is 6.87. The number of nitrogens with one attached hydrogen (secondary N) is 2. The Hall–Kier alpha value is -4.66. The monoisotopic (exact) mass is 671 g/mol. The van der Waals surface area contributed by atoms with Crippen LogP contribution < -0.4 is 10.6 Å². The van der Waals surface area contributed by atoms with Gasteiger partial charge in [0.25, 0.3) is 0 Å². The van der Waals surface area contributed by atoms with Gasteiger partial charge in [-0.2, -0.15) is 0 Å². The predicted molar refractivity (Wildman–Crippen MR) is 192 cm³/mol. The molecule has 264 valence electrons. The summed E-state index contributed by atoms with van der Waals surface area (Å²) >= 11 is 0. The minimum Gasteiger partial charge on any atom is -0.458 e. The molecule has 3 unspecified atom stereocenters. The van der Waals surface area contributed by atoms with Crippen LogP contribution in [0.25, 0.3) is 0 Å². The van der Waals surface area contributed by atoms with Gasteiger partial charge in [0.15, 0.2) is 0 Å².